The Morgan fingerprint density at radius 3 is 2.71 bits per heavy atom. The Morgan fingerprint density at radius 1 is 1.16 bits per heavy atom. The van der Waals surface area contributed by atoms with E-state index in [1.165, 1.54) is 4.90 Å². The first-order valence-electron chi connectivity index (χ1n) is 10.4. The van der Waals surface area contributed by atoms with Gasteiger partial charge in [-0.2, -0.15) is 0 Å². The maximum absolute atomic E-state index is 13.6. The lowest BCUT2D eigenvalue weighted by Gasteiger charge is -2.31. The minimum atomic E-state index is -1.22. The van der Waals surface area contributed by atoms with Crippen LogP contribution in [-0.4, -0.2) is 41.0 Å². The second-order valence-electron chi connectivity index (χ2n) is 7.74. The molecule has 1 aliphatic heterocycles. The largest absolute Gasteiger partial charge is 0.369 e. The highest BCUT2D eigenvalue weighted by Gasteiger charge is 2.36. The van der Waals surface area contributed by atoms with Gasteiger partial charge in [0.05, 0.1) is 11.6 Å². The van der Waals surface area contributed by atoms with Crippen molar-refractivity contribution < 1.29 is 14.7 Å². The zero-order valence-electron chi connectivity index (χ0n) is 17.6. The van der Waals surface area contributed by atoms with Crippen molar-refractivity contribution in [3.63, 3.8) is 0 Å². The predicted molar refractivity (Wildman–Crippen MR) is 119 cm³/mol. The summed E-state index contributed by atoms with van der Waals surface area (Å²) in [6, 6.07) is 15.6. The number of rotatable bonds is 5. The number of pyridine rings is 1. The number of anilines is 1. The van der Waals surface area contributed by atoms with E-state index in [0.717, 1.165) is 16.5 Å². The number of nitrogens with zero attached hydrogens (tertiary/aromatic N) is 2. The molecule has 4 rings (SSSR count). The molecule has 7 nitrogen and oxygen atoms in total. The van der Waals surface area contributed by atoms with Gasteiger partial charge in [-0.25, -0.2) is 0 Å². The number of aliphatic hydroxyl groups is 1. The number of aromatic nitrogens is 1. The molecule has 1 aliphatic rings. The Morgan fingerprint density at radius 2 is 1.90 bits per heavy atom. The normalized spacial score (nSPS) is 18.2. The SMILES string of the molecule is CN[C@@H](C)C(=O)N[C@H]1CCc2ccccc2N(C(O)c2ccnc3ccccc23)C1=O. The number of hydrogen-bond donors (Lipinski definition) is 3. The fourth-order valence-corrected chi connectivity index (χ4v) is 3.96. The van der Waals surface area contributed by atoms with Crippen molar-refractivity contribution in [1.82, 2.24) is 15.6 Å². The van der Waals surface area contributed by atoms with Crippen LogP contribution >= 0.6 is 0 Å². The minimum Gasteiger partial charge on any atom is -0.369 e. The maximum Gasteiger partial charge on any atom is 0.251 e. The van der Waals surface area contributed by atoms with Crippen molar-refractivity contribution in [2.24, 2.45) is 0 Å². The van der Waals surface area contributed by atoms with Crippen LogP contribution in [0.25, 0.3) is 10.9 Å². The van der Waals surface area contributed by atoms with Gasteiger partial charge in [0.2, 0.25) is 5.91 Å². The zero-order valence-corrected chi connectivity index (χ0v) is 17.6. The van der Waals surface area contributed by atoms with E-state index in [-0.39, 0.29) is 11.8 Å². The summed E-state index contributed by atoms with van der Waals surface area (Å²) in [5.74, 6) is -0.592. The second kappa shape index (κ2) is 8.83. The predicted octanol–water partition coefficient (Wildman–Crippen LogP) is 2.30. The average molecular weight is 418 g/mol. The van der Waals surface area contributed by atoms with Crippen LogP contribution in [0, 0.1) is 0 Å². The summed E-state index contributed by atoms with van der Waals surface area (Å²) in [5.41, 5.74) is 2.93. The number of amides is 2. The molecular weight excluding hydrogens is 392 g/mol. The molecule has 2 heterocycles. The van der Waals surface area contributed by atoms with Crippen LogP contribution in [0.5, 0.6) is 0 Å². The van der Waals surface area contributed by atoms with Gasteiger partial charge in [-0.3, -0.25) is 19.5 Å². The summed E-state index contributed by atoms with van der Waals surface area (Å²) in [6.45, 7) is 1.74. The standard InChI is InChI=1S/C24H26N4O3/c1-15(25-2)22(29)27-20-12-11-16-7-3-6-10-21(16)28(24(20)31)23(30)18-13-14-26-19-9-5-4-8-17(18)19/h3-10,13-15,20,23,25,30H,11-12H2,1-2H3,(H,27,29)/t15-,20-,23?/m0/s1. The van der Waals surface area contributed by atoms with Crippen molar-refractivity contribution in [1.29, 1.82) is 0 Å². The number of aryl methyl sites for hydroxylation is 1. The number of hydrogen-bond acceptors (Lipinski definition) is 5. The van der Waals surface area contributed by atoms with E-state index in [4.69, 9.17) is 0 Å². The molecule has 0 saturated heterocycles. The maximum atomic E-state index is 13.6. The molecule has 0 saturated carbocycles. The number of aliphatic hydroxyl groups excluding tert-OH is 1. The van der Waals surface area contributed by atoms with E-state index < -0.39 is 18.3 Å². The Bertz CT molecular complexity index is 1110. The number of para-hydroxylation sites is 2. The number of carbonyl (C=O) groups excluding carboxylic acids is 2. The molecule has 7 heteroatoms. The molecule has 160 valence electrons. The Labute approximate surface area is 181 Å². The highest BCUT2D eigenvalue weighted by Crippen LogP contribution is 2.35. The quantitative estimate of drug-likeness (QED) is 0.591. The van der Waals surface area contributed by atoms with Crippen LogP contribution in [0.1, 0.15) is 30.7 Å². The van der Waals surface area contributed by atoms with Gasteiger partial charge in [-0.1, -0.05) is 36.4 Å². The zero-order chi connectivity index (χ0) is 22.0. The number of likely N-dealkylation sites (N-methyl/N-ethyl adjacent to an activating group) is 1. The summed E-state index contributed by atoms with van der Waals surface area (Å²) >= 11 is 0. The van der Waals surface area contributed by atoms with E-state index in [1.54, 1.807) is 26.2 Å². The lowest BCUT2D eigenvalue weighted by Crippen LogP contribution is -2.52. The van der Waals surface area contributed by atoms with Gasteiger partial charge in [0, 0.05) is 22.8 Å². The van der Waals surface area contributed by atoms with Crippen molar-refractivity contribution in [3.05, 3.63) is 71.9 Å². The van der Waals surface area contributed by atoms with Crippen LogP contribution in [0.3, 0.4) is 0 Å². The third kappa shape index (κ3) is 4.02. The fraction of sp³-hybridized carbons (Fsp3) is 0.292. The summed E-state index contributed by atoms with van der Waals surface area (Å²) in [6.07, 6.45) is 1.48. The molecular formula is C24H26N4O3. The summed E-state index contributed by atoms with van der Waals surface area (Å²) in [4.78, 5) is 31.9. The van der Waals surface area contributed by atoms with Gasteiger partial charge >= 0.3 is 0 Å². The first-order valence-corrected chi connectivity index (χ1v) is 10.4. The topological polar surface area (TPSA) is 94.6 Å². The Balaban J connectivity index is 1.76. The van der Waals surface area contributed by atoms with Gasteiger partial charge in [-0.15, -0.1) is 0 Å². The number of nitrogens with one attached hydrogen (secondary N) is 2. The van der Waals surface area contributed by atoms with Crippen LogP contribution in [0.4, 0.5) is 5.69 Å². The molecule has 0 fully saturated rings. The second-order valence-corrected chi connectivity index (χ2v) is 7.74. The Kier molecular flexibility index (Phi) is 5.97. The van der Waals surface area contributed by atoms with Gasteiger partial charge < -0.3 is 15.7 Å². The first-order chi connectivity index (χ1) is 15.0. The summed E-state index contributed by atoms with van der Waals surface area (Å²) < 4.78 is 0. The van der Waals surface area contributed by atoms with Crippen LogP contribution in [0.15, 0.2) is 60.8 Å². The molecule has 1 unspecified atom stereocenters. The molecule has 3 N–H and O–H groups in total. The van der Waals surface area contributed by atoms with Crippen molar-refractivity contribution in [2.75, 3.05) is 11.9 Å². The minimum absolute atomic E-state index is 0.254. The molecule has 0 radical (unpaired) electrons. The number of carbonyl (C=O) groups is 2. The smallest absolute Gasteiger partial charge is 0.251 e. The van der Waals surface area contributed by atoms with E-state index in [9.17, 15) is 14.7 Å². The van der Waals surface area contributed by atoms with Crippen LogP contribution in [0.2, 0.25) is 0 Å². The molecule has 3 aromatic rings. The third-order valence-corrected chi connectivity index (χ3v) is 5.84. The molecule has 1 aromatic heterocycles. The van der Waals surface area contributed by atoms with E-state index >= 15 is 0 Å². The molecule has 0 aliphatic carbocycles. The molecule has 3 atom stereocenters. The fourth-order valence-electron chi connectivity index (χ4n) is 3.96. The van der Waals surface area contributed by atoms with Gasteiger partial charge in [0.1, 0.15) is 6.04 Å². The van der Waals surface area contributed by atoms with Gasteiger partial charge in [0.25, 0.3) is 5.91 Å². The van der Waals surface area contributed by atoms with E-state index in [0.29, 0.717) is 24.1 Å². The monoisotopic (exact) mass is 418 g/mol. The molecule has 2 aromatic carbocycles. The first kappa shape index (κ1) is 21.0. The number of benzene rings is 2. The molecule has 2 amide bonds. The molecule has 0 bridgehead atoms. The Hall–Kier alpha value is -3.29. The van der Waals surface area contributed by atoms with Gasteiger partial charge in [-0.05, 0) is 50.6 Å². The lowest BCUT2D eigenvalue weighted by molar-refractivity contribution is -0.129. The van der Waals surface area contributed by atoms with Crippen molar-refractivity contribution in [3.8, 4) is 0 Å². The lowest BCUT2D eigenvalue weighted by atomic mass is 10.1. The molecule has 31 heavy (non-hydrogen) atoms. The molecule has 0 spiro atoms. The number of fused-ring (bicyclic) bond motifs is 2. The van der Waals surface area contributed by atoms with E-state index in [1.807, 2.05) is 48.5 Å². The third-order valence-electron chi connectivity index (χ3n) is 5.84. The van der Waals surface area contributed by atoms with Crippen molar-refractivity contribution >= 4 is 28.4 Å². The summed E-state index contributed by atoms with van der Waals surface area (Å²) in [7, 11) is 1.69. The van der Waals surface area contributed by atoms with Crippen molar-refractivity contribution in [2.45, 2.75) is 38.1 Å². The highest BCUT2D eigenvalue weighted by atomic mass is 16.3. The van der Waals surface area contributed by atoms with Crippen LogP contribution < -0.4 is 15.5 Å². The van der Waals surface area contributed by atoms with Gasteiger partial charge in [0.15, 0.2) is 6.23 Å². The van der Waals surface area contributed by atoms with Crippen LogP contribution in [-0.2, 0) is 16.0 Å². The average Bonchev–Trinajstić information content (AvgIpc) is 2.94. The van der Waals surface area contributed by atoms with E-state index in [2.05, 4.69) is 15.6 Å². The highest BCUT2D eigenvalue weighted by molar-refractivity contribution is 6.01. The summed E-state index contributed by atoms with van der Waals surface area (Å²) in [5, 5.41) is 18.0.